The highest BCUT2D eigenvalue weighted by molar-refractivity contribution is 5.61. The molecule has 0 saturated carbocycles. The molecule has 0 aromatic heterocycles. The summed E-state index contributed by atoms with van der Waals surface area (Å²) < 4.78 is 0. The molecule has 1 unspecified atom stereocenters. The van der Waals surface area contributed by atoms with E-state index in [0.717, 1.165) is 24.2 Å². The average Bonchev–Trinajstić information content (AvgIpc) is 2.72. The van der Waals surface area contributed by atoms with Gasteiger partial charge in [0.2, 0.25) is 0 Å². The van der Waals surface area contributed by atoms with E-state index in [4.69, 9.17) is 0 Å². The predicted octanol–water partition coefficient (Wildman–Crippen LogP) is 3.68. The van der Waals surface area contributed by atoms with E-state index in [1.807, 2.05) is 6.07 Å². The van der Waals surface area contributed by atoms with Crippen LogP contribution in [0.15, 0.2) is 18.2 Å². The van der Waals surface area contributed by atoms with E-state index in [9.17, 15) is 10.1 Å². The average molecular weight is 234 g/mol. The molecule has 1 aliphatic heterocycles. The molecular formula is C13H18N2O2. The molecule has 1 atom stereocenters. The molecule has 17 heavy (non-hydrogen) atoms. The maximum atomic E-state index is 10.8. The molecule has 4 heteroatoms. The third-order valence-electron chi connectivity index (χ3n) is 3.38. The maximum Gasteiger partial charge on any atom is 0.269 e. The zero-order valence-corrected chi connectivity index (χ0v) is 10.1. The SMILES string of the molecule is CCCCCC1CNc2ccc([N+](=O)[O-])cc21. The number of benzene rings is 1. The smallest absolute Gasteiger partial charge is 0.269 e. The van der Waals surface area contributed by atoms with E-state index < -0.39 is 0 Å². The third kappa shape index (κ3) is 2.57. The first-order valence-electron chi connectivity index (χ1n) is 6.24. The molecule has 0 spiro atoms. The van der Waals surface area contributed by atoms with Crippen LogP contribution in [0.5, 0.6) is 0 Å². The van der Waals surface area contributed by atoms with Crippen molar-refractivity contribution in [3.05, 3.63) is 33.9 Å². The fraction of sp³-hybridized carbons (Fsp3) is 0.538. The van der Waals surface area contributed by atoms with E-state index >= 15 is 0 Å². The summed E-state index contributed by atoms with van der Waals surface area (Å²) in [6.07, 6.45) is 4.77. The van der Waals surface area contributed by atoms with Crippen molar-refractivity contribution < 1.29 is 4.92 Å². The monoisotopic (exact) mass is 234 g/mol. The van der Waals surface area contributed by atoms with E-state index in [1.54, 1.807) is 12.1 Å². The lowest BCUT2D eigenvalue weighted by atomic mass is 9.95. The largest absolute Gasteiger partial charge is 0.384 e. The molecule has 0 radical (unpaired) electrons. The van der Waals surface area contributed by atoms with Gasteiger partial charge in [0.05, 0.1) is 4.92 Å². The van der Waals surface area contributed by atoms with Gasteiger partial charge in [-0.25, -0.2) is 0 Å². The molecule has 2 rings (SSSR count). The van der Waals surface area contributed by atoms with Gasteiger partial charge >= 0.3 is 0 Å². The lowest BCUT2D eigenvalue weighted by molar-refractivity contribution is -0.384. The molecule has 1 aromatic carbocycles. The molecule has 1 aromatic rings. The third-order valence-corrected chi connectivity index (χ3v) is 3.38. The van der Waals surface area contributed by atoms with Crippen LogP contribution in [0.3, 0.4) is 0 Å². The number of nitro benzene ring substituents is 1. The Hall–Kier alpha value is -1.58. The standard InChI is InChI=1S/C13H18N2O2/c1-2-3-4-5-10-9-14-13-7-6-11(15(16)17)8-12(10)13/h6-8,10,14H,2-5,9H2,1H3. The summed E-state index contributed by atoms with van der Waals surface area (Å²) in [6, 6.07) is 5.12. The van der Waals surface area contributed by atoms with Crippen LogP contribution in [0.4, 0.5) is 11.4 Å². The van der Waals surface area contributed by atoms with E-state index in [2.05, 4.69) is 12.2 Å². The van der Waals surface area contributed by atoms with Crippen LogP contribution in [0.2, 0.25) is 0 Å². The molecular weight excluding hydrogens is 216 g/mol. The molecule has 0 bridgehead atoms. The Morgan fingerprint density at radius 2 is 2.29 bits per heavy atom. The number of unbranched alkanes of at least 4 members (excludes halogenated alkanes) is 2. The number of rotatable bonds is 5. The Kier molecular flexibility index (Phi) is 3.61. The lowest BCUT2D eigenvalue weighted by Crippen LogP contribution is -2.01. The predicted molar refractivity (Wildman–Crippen MR) is 68.5 cm³/mol. The summed E-state index contributed by atoms with van der Waals surface area (Å²) in [7, 11) is 0. The van der Waals surface area contributed by atoms with Crippen LogP contribution < -0.4 is 5.32 Å². The van der Waals surface area contributed by atoms with Gasteiger partial charge in [-0.15, -0.1) is 0 Å². The van der Waals surface area contributed by atoms with Gasteiger partial charge < -0.3 is 5.32 Å². The van der Waals surface area contributed by atoms with E-state index in [-0.39, 0.29) is 10.6 Å². The fourth-order valence-corrected chi connectivity index (χ4v) is 2.40. The number of nitrogens with zero attached hydrogens (tertiary/aromatic N) is 1. The Morgan fingerprint density at radius 3 is 3.00 bits per heavy atom. The van der Waals surface area contributed by atoms with Crippen LogP contribution in [-0.2, 0) is 0 Å². The molecule has 1 N–H and O–H groups in total. The topological polar surface area (TPSA) is 55.2 Å². The minimum atomic E-state index is -0.318. The van der Waals surface area contributed by atoms with Crippen molar-refractivity contribution in [2.24, 2.45) is 0 Å². The van der Waals surface area contributed by atoms with Gasteiger partial charge in [-0.3, -0.25) is 10.1 Å². The van der Waals surface area contributed by atoms with Crippen molar-refractivity contribution in [2.75, 3.05) is 11.9 Å². The van der Waals surface area contributed by atoms with Gasteiger partial charge in [0, 0.05) is 30.3 Å². The quantitative estimate of drug-likeness (QED) is 0.480. The highest BCUT2D eigenvalue weighted by Gasteiger charge is 2.23. The maximum absolute atomic E-state index is 10.8. The van der Waals surface area contributed by atoms with Crippen molar-refractivity contribution in [1.29, 1.82) is 0 Å². The molecule has 0 aliphatic carbocycles. The van der Waals surface area contributed by atoms with Crippen molar-refractivity contribution in [3.8, 4) is 0 Å². The number of hydrogen-bond acceptors (Lipinski definition) is 3. The number of nitrogens with one attached hydrogen (secondary N) is 1. The molecule has 0 saturated heterocycles. The summed E-state index contributed by atoms with van der Waals surface area (Å²) in [5, 5.41) is 14.1. The Morgan fingerprint density at radius 1 is 1.47 bits per heavy atom. The van der Waals surface area contributed by atoms with Crippen LogP contribution in [-0.4, -0.2) is 11.5 Å². The van der Waals surface area contributed by atoms with Gasteiger partial charge in [0.1, 0.15) is 0 Å². The highest BCUT2D eigenvalue weighted by Crippen LogP contribution is 2.36. The summed E-state index contributed by atoms with van der Waals surface area (Å²) in [5.41, 5.74) is 2.39. The molecule has 1 aliphatic rings. The number of anilines is 1. The second-order valence-corrected chi connectivity index (χ2v) is 4.60. The first kappa shape index (κ1) is 11.9. The van der Waals surface area contributed by atoms with Crippen molar-refractivity contribution in [1.82, 2.24) is 0 Å². The molecule has 4 nitrogen and oxygen atoms in total. The Bertz CT molecular complexity index is 418. The Labute approximate surface area is 101 Å². The van der Waals surface area contributed by atoms with Gasteiger partial charge in [-0.05, 0) is 18.1 Å². The van der Waals surface area contributed by atoms with Crippen molar-refractivity contribution in [2.45, 2.75) is 38.5 Å². The second kappa shape index (κ2) is 5.17. The number of non-ortho nitro benzene ring substituents is 1. The van der Waals surface area contributed by atoms with Gasteiger partial charge in [-0.1, -0.05) is 26.2 Å². The second-order valence-electron chi connectivity index (χ2n) is 4.60. The Balaban J connectivity index is 2.12. The number of nitro groups is 1. The molecule has 0 fully saturated rings. The molecule has 0 amide bonds. The van der Waals surface area contributed by atoms with Crippen molar-refractivity contribution in [3.63, 3.8) is 0 Å². The van der Waals surface area contributed by atoms with Crippen LogP contribution in [0, 0.1) is 10.1 Å². The highest BCUT2D eigenvalue weighted by atomic mass is 16.6. The van der Waals surface area contributed by atoms with Crippen molar-refractivity contribution >= 4 is 11.4 Å². The van der Waals surface area contributed by atoms with E-state index in [1.165, 1.54) is 19.3 Å². The van der Waals surface area contributed by atoms with Crippen LogP contribution in [0.1, 0.15) is 44.1 Å². The zero-order chi connectivity index (χ0) is 12.3. The minimum Gasteiger partial charge on any atom is -0.384 e. The normalized spacial score (nSPS) is 17.6. The first-order valence-corrected chi connectivity index (χ1v) is 6.24. The summed E-state index contributed by atoms with van der Waals surface area (Å²) >= 11 is 0. The van der Waals surface area contributed by atoms with Crippen LogP contribution in [0.25, 0.3) is 0 Å². The van der Waals surface area contributed by atoms with E-state index in [0.29, 0.717) is 5.92 Å². The van der Waals surface area contributed by atoms with Crippen LogP contribution >= 0.6 is 0 Å². The molecule has 92 valence electrons. The first-order chi connectivity index (χ1) is 8.22. The fourth-order valence-electron chi connectivity index (χ4n) is 2.40. The van der Waals surface area contributed by atoms with Gasteiger partial charge in [0.25, 0.3) is 5.69 Å². The lowest BCUT2D eigenvalue weighted by Gasteiger charge is -2.09. The van der Waals surface area contributed by atoms with Gasteiger partial charge in [-0.2, -0.15) is 0 Å². The summed E-state index contributed by atoms with van der Waals surface area (Å²) in [6.45, 7) is 3.10. The van der Waals surface area contributed by atoms with Gasteiger partial charge in [0.15, 0.2) is 0 Å². The summed E-state index contributed by atoms with van der Waals surface area (Å²) in [4.78, 5) is 10.4. The molecule has 1 heterocycles. The zero-order valence-electron chi connectivity index (χ0n) is 10.1. The number of fused-ring (bicyclic) bond motifs is 1. The summed E-state index contributed by atoms with van der Waals surface area (Å²) in [5.74, 6) is 0.441. The minimum absolute atomic E-state index is 0.202. The number of hydrogen-bond donors (Lipinski definition) is 1.